The van der Waals surface area contributed by atoms with E-state index in [9.17, 15) is 4.79 Å². The van der Waals surface area contributed by atoms with Gasteiger partial charge in [0.15, 0.2) is 0 Å². The molecule has 0 bridgehead atoms. The van der Waals surface area contributed by atoms with E-state index in [0.29, 0.717) is 13.0 Å². The monoisotopic (exact) mass is 219 g/mol. The van der Waals surface area contributed by atoms with Gasteiger partial charge in [-0.1, -0.05) is 6.07 Å². The van der Waals surface area contributed by atoms with Crippen molar-refractivity contribution >= 4 is 11.7 Å². The number of likely N-dealkylation sites (tertiary alicyclic amines) is 1. The quantitative estimate of drug-likeness (QED) is 0.837. The van der Waals surface area contributed by atoms with Crippen molar-refractivity contribution in [3.63, 3.8) is 0 Å². The van der Waals surface area contributed by atoms with Gasteiger partial charge in [0.2, 0.25) is 5.91 Å². The molecule has 0 aliphatic carbocycles. The summed E-state index contributed by atoms with van der Waals surface area (Å²) >= 11 is 0. The molecule has 2 rings (SSSR count). The van der Waals surface area contributed by atoms with Gasteiger partial charge in [0, 0.05) is 19.5 Å². The predicted molar refractivity (Wildman–Crippen MR) is 63.1 cm³/mol. The first kappa shape index (κ1) is 10.9. The van der Waals surface area contributed by atoms with Gasteiger partial charge in [-0.2, -0.15) is 0 Å². The molecule has 1 N–H and O–H groups in total. The van der Waals surface area contributed by atoms with E-state index in [1.54, 1.807) is 0 Å². The van der Waals surface area contributed by atoms with Crippen LogP contribution in [0.1, 0.15) is 25.5 Å². The van der Waals surface area contributed by atoms with Crippen LogP contribution in [0.5, 0.6) is 0 Å². The fourth-order valence-corrected chi connectivity index (χ4v) is 1.91. The lowest BCUT2D eigenvalue weighted by molar-refractivity contribution is -0.128. The van der Waals surface area contributed by atoms with Gasteiger partial charge in [-0.05, 0) is 25.5 Å². The average molecular weight is 219 g/mol. The number of amides is 1. The Hall–Kier alpha value is -1.58. The van der Waals surface area contributed by atoms with E-state index in [1.165, 1.54) is 0 Å². The number of anilines is 1. The largest absolute Gasteiger partial charge is 0.370 e. The second-order valence-corrected chi connectivity index (χ2v) is 3.96. The third-order valence-corrected chi connectivity index (χ3v) is 2.69. The van der Waals surface area contributed by atoms with Crippen molar-refractivity contribution in [2.75, 3.05) is 18.4 Å². The first-order valence-electron chi connectivity index (χ1n) is 5.77. The molecule has 0 saturated carbocycles. The van der Waals surface area contributed by atoms with E-state index < -0.39 is 0 Å². The lowest BCUT2D eigenvalue weighted by atomic mass is 10.3. The summed E-state index contributed by atoms with van der Waals surface area (Å²) in [4.78, 5) is 17.8. The Kier molecular flexibility index (Phi) is 3.39. The van der Waals surface area contributed by atoms with E-state index in [-0.39, 0.29) is 5.91 Å². The van der Waals surface area contributed by atoms with Crippen molar-refractivity contribution in [1.29, 1.82) is 0 Å². The molecule has 4 nitrogen and oxygen atoms in total. The molecule has 1 saturated heterocycles. The highest BCUT2D eigenvalue weighted by Gasteiger charge is 2.20. The van der Waals surface area contributed by atoms with Gasteiger partial charge in [0.05, 0.1) is 12.2 Å². The predicted octanol–water partition coefficient (Wildman–Crippen LogP) is 1.64. The summed E-state index contributed by atoms with van der Waals surface area (Å²) in [6.07, 6.45) is 1.67. The number of hydrogen-bond donors (Lipinski definition) is 1. The van der Waals surface area contributed by atoms with Crippen molar-refractivity contribution in [3.05, 3.63) is 23.9 Å². The Morgan fingerprint density at radius 1 is 1.50 bits per heavy atom. The van der Waals surface area contributed by atoms with Crippen LogP contribution in [0.15, 0.2) is 18.2 Å². The summed E-state index contributed by atoms with van der Waals surface area (Å²) in [5, 5.41) is 3.17. The number of carbonyl (C=O) groups is 1. The Morgan fingerprint density at radius 2 is 2.38 bits per heavy atom. The molecule has 0 radical (unpaired) electrons. The molecule has 1 fully saturated rings. The summed E-state index contributed by atoms with van der Waals surface area (Å²) in [6.45, 7) is 4.40. The Morgan fingerprint density at radius 3 is 3.06 bits per heavy atom. The van der Waals surface area contributed by atoms with Crippen LogP contribution in [-0.4, -0.2) is 28.9 Å². The second kappa shape index (κ2) is 4.96. The molecule has 1 aromatic rings. The molecular formula is C12H17N3O. The minimum absolute atomic E-state index is 0.246. The van der Waals surface area contributed by atoms with Gasteiger partial charge in [0.25, 0.3) is 0 Å². The van der Waals surface area contributed by atoms with Crippen LogP contribution in [-0.2, 0) is 11.3 Å². The maximum Gasteiger partial charge on any atom is 0.222 e. The molecule has 0 spiro atoms. The highest BCUT2D eigenvalue weighted by molar-refractivity contribution is 5.77. The van der Waals surface area contributed by atoms with Crippen molar-refractivity contribution in [1.82, 2.24) is 9.88 Å². The van der Waals surface area contributed by atoms with Gasteiger partial charge < -0.3 is 10.2 Å². The van der Waals surface area contributed by atoms with Crippen molar-refractivity contribution < 1.29 is 4.79 Å². The maximum atomic E-state index is 11.5. The maximum absolute atomic E-state index is 11.5. The van der Waals surface area contributed by atoms with Crippen LogP contribution >= 0.6 is 0 Å². The van der Waals surface area contributed by atoms with E-state index in [0.717, 1.165) is 31.0 Å². The van der Waals surface area contributed by atoms with Gasteiger partial charge >= 0.3 is 0 Å². The molecule has 1 aliphatic rings. The molecular weight excluding hydrogens is 202 g/mol. The van der Waals surface area contributed by atoms with Gasteiger partial charge in [-0.3, -0.25) is 4.79 Å². The first-order valence-corrected chi connectivity index (χ1v) is 5.77. The van der Waals surface area contributed by atoms with Crippen LogP contribution < -0.4 is 5.32 Å². The van der Waals surface area contributed by atoms with Crippen molar-refractivity contribution in [3.8, 4) is 0 Å². The van der Waals surface area contributed by atoms with Crippen LogP contribution in [0.3, 0.4) is 0 Å². The summed E-state index contributed by atoms with van der Waals surface area (Å²) < 4.78 is 0. The number of rotatable bonds is 4. The third kappa shape index (κ3) is 2.51. The second-order valence-electron chi connectivity index (χ2n) is 3.96. The number of aromatic nitrogens is 1. The average Bonchev–Trinajstić information content (AvgIpc) is 2.66. The zero-order chi connectivity index (χ0) is 11.4. The zero-order valence-corrected chi connectivity index (χ0v) is 9.57. The van der Waals surface area contributed by atoms with Crippen molar-refractivity contribution in [2.24, 2.45) is 0 Å². The molecule has 0 unspecified atom stereocenters. The first-order chi connectivity index (χ1) is 7.79. The van der Waals surface area contributed by atoms with Crippen LogP contribution in [0.4, 0.5) is 5.82 Å². The molecule has 16 heavy (non-hydrogen) atoms. The molecule has 0 aromatic carbocycles. The lowest BCUT2D eigenvalue weighted by Crippen LogP contribution is -2.24. The molecule has 86 valence electrons. The molecule has 1 amide bonds. The number of nitrogens with zero attached hydrogens (tertiary/aromatic N) is 2. The zero-order valence-electron chi connectivity index (χ0n) is 9.57. The van der Waals surface area contributed by atoms with Crippen molar-refractivity contribution in [2.45, 2.75) is 26.3 Å². The molecule has 2 heterocycles. The van der Waals surface area contributed by atoms with Gasteiger partial charge in [0.1, 0.15) is 5.82 Å². The highest BCUT2D eigenvalue weighted by Crippen LogP contribution is 2.14. The van der Waals surface area contributed by atoms with Gasteiger partial charge in [-0.25, -0.2) is 4.98 Å². The normalized spacial score (nSPS) is 15.6. The number of hydrogen-bond acceptors (Lipinski definition) is 3. The smallest absolute Gasteiger partial charge is 0.222 e. The van der Waals surface area contributed by atoms with Crippen LogP contribution in [0.25, 0.3) is 0 Å². The standard InChI is InChI=1S/C12H17N3O/c1-2-13-11-6-3-5-10(14-11)9-15-8-4-7-12(15)16/h3,5-6H,2,4,7-9H2,1H3,(H,13,14). The SMILES string of the molecule is CCNc1cccc(CN2CCCC2=O)n1. The third-order valence-electron chi connectivity index (χ3n) is 2.69. The van der Waals surface area contributed by atoms with Crippen LogP contribution in [0, 0.1) is 0 Å². The van der Waals surface area contributed by atoms with E-state index in [1.807, 2.05) is 30.0 Å². The molecule has 0 atom stereocenters. The number of pyridine rings is 1. The fourth-order valence-electron chi connectivity index (χ4n) is 1.91. The summed E-state index contributed by atoms with van der Waals surface area (Å²) in [6, 6.07) is 5.88. The molecule has 1 aliphatic heterocycles. The summed E-state index contributed by atoms with van der Waals surface area (Å²) in [7, 11) is 0. The minimum atomic E-state index is 0.246. The van der Waals surface area contributed by atoms with E-state index in [2.05, 4.69) is 10.3 Å². The Labute approximate surface area is 95.7 Å². The fraction of sp³-hybridized carbons (Fsp3) is 0.500. The topological polar surface area (TPSA) is 45.2 Å². The van der Waals surface area contributed by atoms with Gasteiger partial charge in [-0.15, -0.1) is 0 Å². The summed E-state index contributed by atoms with van der Waals surface area (Å²) in [5.74, 6) is 1.13. The molecule has 1 aromatic heterocycles. The van der Waals surface area contributed by atoms with Crippen LogP contribution in [0.2, 0.25) is 0 Å². The minimum Gasteiger partial charge on any atom is -0.370 e. The molecule has 4 heteroatoms. The summed E-state index contributed by atoms with van der Waals surface area (Å²) in [5.41, 5.74) is 0.953. The highest BCUT2D eigenvalue weighted by atomic mass is 16.2. The Balaban J connectivity index is 2.03. The van der Waals surface area contributed by atoms with E-state index in [4.69, 9.17) is 0 Å². The number of nitrogens with one attached hydrogen (secondary N) is 1. The Bertz CT molecular complexity index is 378. The number of carbonyl (C=O) groups excluding carboxylic acids is 1. The van der Waals surface area contributed by atoms with E-state index >= 15 is 0 Å². The lowest BCUT2D eigenvalue weighted by Gasteiger charge is -2.15.